The van der Waals surface area contributed by atoms with Crippen LogP contribution in [-0.2, 0) is 0 Å². The summed E-state index contributed by atoms with van der Waals surface area (Å²) in [5, 5.41) is 7.86. The second-order valence-electron chi connectivity index (χ2n) is 4.42. The molecule has 5 heteroatoms. The molecule has 1 amide bonds. The number of nitrogens with one attached hydrogen (secondary N) is 1. The molecule has 1 aromatic heterocycles. The average molecular weight is 230 g/mol. The predicted molar refractivity (Wildman–Crippen MR) is 64.6 cm³/mol. The van der Waals surface area contributed by atoms with Gasteiger partial charge in [0.25, 0.3) is 5.91 Å². The highest BCUT2D eigenvalue weighted by Gasteiger charge is 2.26. The number of carbonyl (C=O) groups excluding carboxylic acids is 1. The lowest BCUT2D eigenvalue weighted by molar-refractivity contribution is 0.0787. The topological polar surface area (TPSA) is 75.0 Å². The van der Waals surface area contributed by atoms with Gasteiger partial charge in [0.1, 0.15) is 0 Å². The molecule has 0 radical (unpaired) electrons. The Kier molecular flexibility index (Phi) is 2.33. The van der Waals surface area contributed by atoms with Gasteiger partial charge in [-0.25, -0.2) is 0 Å². The number of aromatic nitrogens is 2. The van der Waals surface area contributed by atoms with E-state index in [1.807, 2.05) is 24.3 Å². The summed E-state index contributed by atoms with van der Waals surface area (Å²) in [6.07, 6.45) is 0.869. The van der Waals surface area contributed by atoms with Crippen LogP contribution in [0.25, 0.3) is 10.9 Å². The molecule has 1 fully saturated rings. The molecular weight excluding hydrogens is 216 g/mol. The van der Waals surface area contributed by atoms with Crippen LogP contribution in [0.2, 0.25) is 0 Å². The van der Waals surface area contributed by atoms with E-state index in [0.29, 0.717) is 12.2 Å². The lowest BCUT2D eigenvalue weighted by Gasteiger charge is -2.13. The smallest absolute Gasteiger partial charge is 0.275 e. The number of benzene rings is 1. The largest absolute Gasteiger partial charge is 0.336 e. The highest BCUT2D eigenvalue weighted by Crippen LogP contribution is 2.18. The van der Waals surface area contributed by atoms with Crippen molar-refractivity contribution < 1.29 is 4.79 Å². The monoisotopic (exact) mass is 230 g/mol. The number of hydrogen-bond acceptors (Lipinski definition) is 3. The first-order valence-corrected chi connectivity index (χ1v) is 5.73. The minimum absolute atomic E-state index is 0.0320. The van der Waals surface area contributed by atoms with E-state index in [0.717, 1.165) is 23.9 Å². The Bertz CT molecular complexity index is 562. The number of aromatic amines is 1. The van der Waals surface area contributed by atoms with Crippen LogP contribution in [0.4, 0.5) is 0 Å². The van der Waals surface area contributed by atoms with Crippen LogP contribution >= 0.6 is 0 Å². The van der Waals surface area contributed by atoms with Crippen LogP contribution in [0.3, 0.4) is 0 Å². The molecule has 0 bridgehead atoms. The first-order chi connectivity index (χ1) is 8.25. The third-order valence-electron chi connectivity index (χ3n) is 3.18. The molecule has 0 saturated carbocycles. The Morgan fingerprint density at radius 1 is 1.47 bits per heavy atom. The third-order valence-corrected chi connectivity index (χ3v) is 3.18. The van der Waals surface area contributed by atoms with Crippen LogP contribution < -0.4 is 5.73 Å². The molecular formula is C12H14N4O. The summed E-state index contributed by atoms with van der Waals surface area (Å²) in [6, 6.07) is 7.74. The molecule has 3 N–H and O–H groups in total. The molecule has 0 aliphatic carbocycles. The SMILES string of the molecule is N[C@@H]1CCN(C(=O)c2n[nH]c3ccccc23)C1. The highest BCUT2D eigenvalue weighted by atomic mass is 16.2. The Hall–Kier alpha value is -1.88. The second-order valence-corrected chi connectivity index (χ2v) is 4.42. The van der Waals surface area contributed by atoms with Crippen molar-refractivity contribution in [3.8, 4) is 0 Å². The lowest BCUT2D eigenvalue weighted by Crippen LogP contribution is -2.32. The van der Waals surface area contributed by atoms with Gasteiger partial charge in [0.15, 0.2) is 5.69 Å². The van der Waals surface area contributed by atoms with Crippen LogP contribution in [-0.4, -0.2) is 40.1 Å². The van der Waals surface area contributed by atoms with E-state index in [1.165, 1.54) is 0 Å². The molecule has 88 valence electrons. The fourth-order valence-corrected chi connectivity index (χ4v) is 2.25. The Balaban J connectivity index is 1.96. The minimum Gasteiger partial charge on any atom is -0.336 e. The maximum atomic E-state index is 12.3. The van der Waals surface area contributed by atoms with E-state index >= 15 is 0 Å². The van der Waals surface area contributed by atoms with Crippen molar-refractivity contribution >= 4 is 16.8 Å². The van der Waals surface area contributed by atoms with Crippen molar-refractivity contribution in [2.24, 2.45) is 5.73 Å². The van der Waals surface area contributed by atoms with Gasteiger partial charge in [-0.15, -0.1) is 0 Å². The minimum atomic E-state index is -0.0320. The van der Waals surface area contributed by atoms with Gasteiger partial charge in [-0.05, 0) is 12.5 Å². The van der Waals surface area contributed by atoms with Crippen molar-refractivity contribution in [2.75, 3.05) is 13.1 Å². The van der Waals surface area contributed by atoms with Crippen LogP contribution in [0.15, 0.2) is 24.3 Å². The molecule has 1 aliphatic heterocycles. The van der Waals surface area contributed by atoms with E-state index in [2.05, 4.69) is 10.2 Å². The van der Waals surface area contributed by atoms with E-state index in [1.54, 1.807) is 4.90 Å². The number of carbonyl (C=O) groups is 1. The second kappa shape index (κ2) is 3.85. The fraction of sp³-hybridized carbons (Fsp3) is 0.333. The van der Waals surface area contributed by atoms with Gasteiger partial charge in [0, 0.05) is 24.5 Å². The number of rotatable bonds is 1. The van der Waals surface area contributed by atoms with Crippen molar-refractivity contribution in [1.82, 2.24) is 15.1 Å². The number of H-pyrrole nitrogens is 1. The maximum absolute atomic E-state index is 12.3. The first kappa shape index (κ1) is 10.3. The summed E-state index contributed by atoms with van der Waals surface area (Å²) < 4.78 is 0. The van der Waals surface area contributed by atoms with E-state index in [9.17, 15) is 4.79 Å². The number of para-hydroxylation sites is 1. The number of likely N-dealkylation sites (tertiary alicyclic amines) is 1. The quantitative estimate of drug-likeness (QED) is 0.758. The van der Waals surface area contributed by atoms with Crippen LogP contribution in [0.5, 0.6) is 0 Å². The highest BCUT2D eigenvalue weighted by molar-refractivity contribution is 6.04. The zero-order valence-corrected chi connectivity index (χ0v) is 9.39. The predicted octanol–water partition coefficient (Wildman–Crippen LogP) is 0.736. The molecule has 1 atom stereocenters. The van der Waals surface area contributed by atoms with E-state index in [-0.39, 0.29) is 11.9 Å². The zero-order chi connectivity index (χ0) is 11.8. The maximum Gasteiger partial charge on any atom is 0.275 e. The molecule has 1 aliphatic rings. The summed E-state index contributed by atoms with van der Waals surface area (Å²) in [5.41, 5.74) is 7.19. The number of hydrogen-bond donors (Lipinski definition) is 2. The number of fused-ring (bicyclic) bond motifs is 1. The molecule has 17 heavy (non-hydrogen) atoms. The van der Waals surface area contributed by atoms with Crippen molar-refractivity contribution in [2.45, 2.75) is 12.5 Å². The zero-order valence-electron chi connectivity index (χ0n) is 9.39. The lowest BCUT2D eigenvalue weighted by atomic mass is 10.2. The standard InChI is InChI=1S/C12H14N4O/c13-8-5-6-16(7-8)12(17)11-9-3-1-2-4-10(9)14-15-11/h1-4,8H,5-7,13H2,(H,14,15)/t8-/m1/s1. The van der Waals surface area contributed by atoms with Gasteiger partial charge in [-0.3, -0.25) is 9.89 Å². The van der Waals surface area contributed by atoms with Gasteiger partial charge >= 0.3 is 0 Å². The summed E-state index contributed by atoms with van der Waals surface area (Å²) >= 11 is 0. The Labute approximate surface area is 98.6 Å². The molecule has 0 unspecified atom stereocenters. The molecule has 2 aromatic rings. The average Bonchev–Trinajstić information content (AvgIpc) is 2.94. The fourth-order valence-electron chi connectivity index (χ4n) is 2.25. The number of nitrogens with two attached hydrogens (primary N) is 1. The Morgan fingerprint density at radius 2 is 2.29 bits per heavy atom. The molecule has 0 spiro atoms. The van der Waals surface area contributed by atoms with Gasteiger partial charge in [-0.2, -0.15) is 5.10 Å². The van der Waals surface area contributed by atoms with Gasteiger partial charge in [-0.1, -0.05) is 18.2 Å². The number of amides is 1. The number of nitrogens with zero attached hydrogens (tertiary/aromatic N) is 2. The Morgan fingerprint density at radius 3 is 3.06 bits per heavy atom. The molecule has 5 nitrogen and oxygen atoms in total. The van der Waals surface area contributed by atoms with Crippen molar-refractivity contribution in [1.29, 1.82) is 0 Å². The molecule has 1 aromatic carbocycles. The summed E-state index contributed by atoms with van der Waals surface area (Å²) in [7, 11) is 0. The van der Waals surface area contributed by atoms with E-state index in [4.69, 9.17) is 5.73 Å². The summed E-state index contributed by atoms with van der Waals surface area (Å²) in [6.45, 7) is 1.35. The van der Waals surface area contributed by atoms with Crippen molar-refractivity contribution in [3.63, 3.8) is 0 Å². The first-order valence-electron chi connectivity index (χ1n) is 5.73. The molecule has 3 rings (SSSR count). The van der Waals surface area contributed by atoms with E-state index < -0.39 is 0 Å². The normalized spacial score (nSPS) is 20.1. The van der Waals surface area contributed by atoms with Crippen LogP contribution in [0.1, 0.15) is 16.9 Å². The summed E-state index contributed by atoms with van der Waals surface area (Å²) in [4.78, 5) is 14.0. The molecule has 2 heterocycles. The third kappa shape index (κ3) is 1.68. The van der Waals surface area contributed by atoms with Crippen molar-refractivity contribution in [3.05, 3.63) is 30.0 Å². The van der Waals surface area contributed by atoms with Crippen LogP contribution in [0, 0.1) is 0 Å². The summed E-state index contributed by atoms with van der Waals surface area (Å²) in [5.74, 6) is -0.0320. The van der Waals surface area contributed by atoms with Gasteiger partial charge in [0.2, 0.25) is 0 Å². The molecule has 1 saturated heterocycles. The van der Waals surface area contributed by atoms with Gasteiger partial charge < -0.3 is 10.6 Å². The van der Waals surface area contributed by atoms with Gasteiger partial charge in [0.05, 0.1) is 5.52 Å².